The molecule has 0 fully saturated rings. The quantitative estimate of drug-likeness (QED) is 0.650. The Kier molecular flexibility index (Phi) is 4.71. The van der Waals surface area contributed by atoms with Gasteiger partial charge in [0.2, 0.25) is 0 Å². The molecular weight excluding hydrogens is 280 g/mol. The molecule has 0 radical (unpaired) electrons. The summed E-state index contributed by atoms with van der Waals surface area (Å²) in [6, 6.07) is 0. The lowest BCUT2D eigenvalue weighted by Crippen LogP contribution is -2.30. The smallest absolute Gasteiger partial charge is 0.329 e. The molecule has 0 saturated heterocycles. The van der Waals surface area contributed by atoms with Crippen LogP contribution in [0.1, 0.15) is 10.4 Å². The lowest BCUT2D eigenvalue weighted by molar-refractivity contribution is 0.187. The summed E-state index contributed by atoms with van der Waals surface area (Å²) in [5, 5.41) is 0.582. The number of hydrogen-bond donors (Lipinski definition) is 3. The van der Waals surface area contributed by atoms with Crippen LogP contribution in [-0.4, -0.2) is 30.3 Å². The summed E-state index contributed by atoms with van der Waals surface area (Å²) in [6.45, 7) is 3.33. The molecule has 0 aliphatic rings. The summed E-state index contributed by atoms with van der Waals surface area (Å²) < 4.78 is 6.57. The van der Waals surface area contributed by atoms with Gasteiger partial charge in [0.15, 0.2) is 0 Å². The van der Waals surface area contributed by atoms with Crippen molar-refractivity contribution in [3.05, 3.63) is 31.3 Å². The summed E-state index contributed by atoms with van der Waals surface area (Å²) in [7, 11) is 3.36. The highest BCUT2D eigenvalue weighted by Gasteiger charge is 2.16. The molecule has 0 saturated carbocycles. The molecular formula is C12H18N4O3S. The van der Waals surface area contributed by atoms with E-state index >= 15 is 0 Å². The molecule has 2 heterocycles. The van der Waals surface area contributed by atoms with Crippen molar-refractivity contribution >= 4 is 21.6 Å². The van der Waals surface area contributed by atoms with Gasteiger partial charge in [-0.25, -0.2) is 4.79 Å². The number of hydrazine groups is 1. The molecule has 2 aromatic rings. The highest BCUT2D eigenvalue weighted by Crippen LogP contribution is 2.27. The lowest BCUT2D eigenvalue weighted by atomic mass is 10.2. The highest BCUT2D eigenvalue weighted by atomic mass is 32.1. The van der Waals surface area contributed by atoms with E-state index in [-0.39, 0.29) is 5.56 Å². The number of H-pyrrole nitrogens is 1. The maximum atomic E-state index is 12.0. The van der Waals surface area contributed by atoms with E-state index in [2.05, 4.69) is 15.8 Å². The van der Waals surface area contributed by atoms with Gasteiger partial charge in [-0.3, -0.25) is 25.2 Å². The number of hydrogen-bond acceptors (Lipinski definition) is 6. The van der Waals surface area contributed by atoms with Crippen molar-refractivity contribution in [2.24, 2.45) is 0 Å². The van der Waals surface area contributed by atoms with Crippen molar-refractivity contribution in [1.29, 1.82) is 0 Å². The standard InChI is InChI=1S/C12H18N4O3S/c1-7-8(6-14-13-2)20-11-9(7)10(17)15-12(18)16(11)4-5-19-3/h13-14H,4-6H2,1-3H3,(H,15,17,18). The summed E-state index contributed by atoms with van der Waals surface area (Å²) in [5.41, 5.74) is 6.02. The monoisotopic (exact) mass is 298 g/mol. The number of nitrogens with zero attached hydrogens (tertiary/aromatic N) is 1. The number of aryl methyl sites for hydroxylation is 1. The van der Waals surface area contributed by atoms with Crippen LogP contribution in [0.2, 0.25) is 0 Å². The molecule has 0 aliphatic carbocycles. The van der Waals surface area contributed by atoms with E-state index in [0.717, 1.165) is 10.4 Å². The van der Waals surface area contributed by atoms with Crippen LogP contribution in [-0.2, 0) is 17.8 Å². The first-order chi connectivity index (χ1) is 9.60. The van der Waals surface area contributed by atoms with Crippen molar-refractivity contribution in [3.63, 3.8) is 0 Å². The first kappa shape index (κ1) is 14.9. The van der Waals surface area contributed by atoms with E-state index in [9.17, 15) is 9.59 Å². The fourth-order valence-electron chi connectivity index (χ4n) is 2.04. The third-order valence-corrected chi connectivity index (χ3v) is 4.42. The molecule has 3 N–H and O–H groups in total. The summed E-state index contributed by atoms with van der Waals surface area (Å²) in [6.07, 6.45) is 0. The Morgan fingerprint density at radius 2 is 2.15 bits per heavy atom. The SMILES string of the molecule is CNNCc1sc2c(c1C)c(=O)[nH]c(=O)n2CCOC. The molecule has 0 aromatic carbocycles. The molecule has 110 valence electrons. The van der Waals surface area contributed by atoms with E-state index < -0.39 is 5.69 Å². The number of fused-ring (bicyclic) bond motifs is 1. The van der Waals surface area contributed by atoms with Gasteiger partial charge in [0.1, 0.15) is 4.83 Å². The Morgan fingerprint density at radius 3 is 2.80 bits per heavy atom. The van der Waals surface area contributed by atoms with Crippen LogP contribution in [0, 0.1) is 6.92 Å². The minimum atomic E-state index is -0.395. The number of rotatable bonds is 6. The van der Waals surface area contributed by atoms with Crippen LogP contribution in [0.5, 0.6) is 0 Å². The normalized spacial score (nSPS) is 11.3. The Labute approximate surface area is 119 Å². The lowest BCUT2D eigenvalue weighted by Gasteiger charge is -2.05. The third-order valence-electron chi connectivity index (χ3n) is 3.11. The van der Waals surface area contributed by atoms with E-state index in [1.807, 2.05) is 6.92 Å². The van der Waals surface area contributed by atoms with Crippen molar-refractivity contribution in [2.75, 3.05) is 20.8 Å². The molecule has 0 atom stereocenters. The molecule has 7 nitrogen and oxygen atoms in total. The molecule has 2 rings (SSSR count). The first-order valence-electron chi connectivity index (χ1n) is 6.23. The van der Waals surface area contributed by atoms with Gasteiger partial charge in [0.05, 0.1) is 18.5 Å². The van der Waals surface area contributed by atoms with Gasteiger partial charge in [0, 0.05) is 18.5 Å². The van der Waals surface area contributed by atoms with E-state index in [1.165, 1.54) is 11.3 Å². The van der Waals surface area contributed by atoms with E-state index in [4.69, 9.17) is 4.74 Å². The van der Waals surface area contributed by atoms with Crippen molar-refractivity contribution in [3.8, 4) is 0 Å². The second-order valence-electron chi connectivity index (χ2n) is 4.34. The zero-order chi connectivity index (χ0) is 14.7. The Bertz CT molecular complexity index is 716. The summed E-state index contributed by atoms with van der Waals surface area (Å²) in [5.74, 6) is 0. The van der Waals surface area contributed by atoms with E-state index in [1.54, 1.807) is 18.7 Å². The predicted molar refractivity (Wildman–Crippen MR) is 79.2 cm³/mol. The van der Waals surface area contributed by atoms with Gasteiger partial charge in [-0.2, -0.15) is 0 Å². The summed E-state index contributed by atoms with van der Waals surface area (Å²) >= 11 is 1.45. The number of aromatic nitrogens is 2. The molecule has 0 amide bonds. The van der Waals surface area contributed by atoms with Crippen LogP contribution in [0.3, 0.4) is 0 Å². The number of nitrogens with one attached hydrogen (secondary N) is 3. The topological polar surface area (TPSA) is 88.1 Å². The van der Waals surface area contributed by atoms with Crippen LogP contribution < -0.4 is 22.1 Å². The maximum absolute atomic E-state index is 12.0. The third kappa shape index (κ3) is 2.68. The van der Waals surface area contributed by atoms with Gasteiger partial charge < -0.3 is 4.74 Å². The molecule has 0 spiro atoms. The highest BCUT2D eigenvalue weighted by molar-refractivity contribution is 7.18. The average molecular weight is 298 g/mol. The predicted octanol–water partition coefficient (Wildman–Crippen LogP) is -0.0699. The van der Waals surface area contributed by atoms with Crippen molar-refractivity contribution in [1.82, 2.24) is 20.4 Å². The van der Waals surface area contributed by atoms with Crippen LogP contribution in [0.4, 0.5) is 0 Å². The van der Waals surface area contributed by atoms with Crippen LogP contribution in [0.25, 0.3) is 10.2 Å². The fraction of sp³-hybridized carbons (Fsp3) is 0.500. The molecule has 0 bridgehead atoms. The number of thiophene rings is 1. The Balaban J connectivity index is 2.62. The largest absolute Gasteiger partial charge is 0.383 e. The molecule has 2 aromatic heterocycles. The minimum Gasteiger partial charge on any atom is -0.383 e. The van der Waals surface area contributed by atoms with Gasteiger partial charge in [-0.1, -0.05) is 0 Å². The number of methoxy groups -OCH3 is 1. The van der Waals surface area contributed by atoms with Crippen molar-refractivity contribution < 1.29 is 4.74 Å². The molecule has 0 aliphatic heterocycles. The minimum absolute atomic E-state index is 0.330. The fourth-order valence-corrected chi connectivity index (χ4v) is 3.31. The molecule has 0 unspecified atom stereocenters. The first-order valence-corrected chi connectivity index (χ1v) is 7.05. The molecule has 20 heavy (non-hydrogen) atoms. The van der Waals surface area contributed by atoms with Gasteiger partial charge in [-0.15, -0.1) is 11.3 Å². The van der Waals surface area contributed by atoms with Crippen LogP contribution >= 0.6 is 11.3 Å². The van der Waals surface area contributed by atoms with Gasteiger partial charge >= 0.3 is 5.69 Å². The Hall–Kier alpha value is -1.48. The van der Waals surface area contributed by atoms with Crippen molar-refractivity contribution in [2.45, 2.75) is 20.0 Å². The number of ether oxygens (including phenoxy) is 1. The zero-order valence-electron chi connectivity index (χ0n) is 11.7. The average Bonchev–Trinajstić information content (AvgIpc) is 2.74. The van der Waals surface area contributed by atoms with Gasteiger partial charge in [0.25, 0.3) is 5.56 Å². The summed E-state index contributed by atoms with van der Waals surface area (Å²) in [4.78, 5) is 28.0. The van der Waals surface area contributed by atoms with E-state index in [0.29, 0.717) is 29.9 Å². The second-order valence-corrected chi connectivity index (χ2v) is 5.42. The van der Waals surface area contributed by atoms with Crippen LogP contribution in [0.15, 0.2) is 9.59 Å². The van der Waals surface area contributed by atoms with Gasteiger partial charge in [-0.05, 0) is 19.5 Å². The second kappa shape index (κ2) is 6.31. The maximum Gasteiger partial charge on any atom is 0.329 e. The molecule has 8 heteroatoms. The zero-order valence-corrected chi connectivity index (χ0v) is 12.5. The Morgan fingerprint density at radius 1 is 1.40 bits per heavy atom. The number of aromatic amines is 1.